The molecule has 8 nitrogen and oxygen atoms in total. The van der Waals surface area contributed by atoms with Crippen LogP contribution in [0.3, 0.4) is 0 Å². The lowest BCUT2D eigenvalue weighted by Crippen LogP contribution is -2.24. The molecule has 1 fully saturated rings. The molecule has 4 atom stereocenters. The summed E-state index contributed by atoms with van der Waals surface area (Å²) in [5.74, 6) is 0.175. The van der Waals surface area contributed by atoms with Gasteiger partial charge >= 0.3 is 0 Å². The van der Waals surface area contributed by atoms with Crippen molar-refractivity contribution in [2.75, 3.05) is 12.3 Å². The smallest absolute Gasteiger partial charge is 0.223 e. The Bertz CT molecular complexity index is 713. The van der Waals surface area contributed by atoms with Gasteiger partial charge in [-0.3, -0.25) is 4.57 Å². The van der Waals surface area contributed by atoms with Crippen molar-refractivity contribution in [3.8, 4) is 0 Å². The van der Waals surface area contributed by atoms with Gasteiger partial charge in [0.15, 0.2) is 5.65 Å². The zero-order valence-electron chi connectivity index (χ0n) is 13.5. The van der Waals surface area contributed by atoms with E-state index in [0.29, 0.717) is 22.8 Å². The maximum atomic E-state index is 9.93. The quantitative estimate of drug-likeness (QED) is 0.513. The van der Waals surface area contributed by atoms with E-state index in [0.717, 1.165) is 11.4 Å². The Morgan fingerprint density at radius 2 is 2.29 bits per heavy atom. The van der Waals surface area contributed by atoms with Gasteiger partial charge in [0.1, 0.15) is 22.9 Å². The summed E-state index contributed by atoms with van der Waals surface area (Å²) in [5.41, 5.74) is 7.09. The second-order valence-electron chi connectivity index (χ2n) is 5.72. The summed E-state index contributed by atoms with van der Waals surface area (Å²) in [6, 6.07) is 0. The SMILES string of the molecule is CCC(C)SSc1nc(N)nc2c1ncn2[C@H]1C[C@H](O)[C@@H](CO)O1. The van der Waals surface area contributed by atoms with Crippen molar-refractivity contribution < 1.29 is 14.9 Å². The lowest BCUT2D eigenvalue weighted by Gasteiger charge is -2.14. The van der Waals surface area contributed by atoms with Crippen LogP contribution in [-0.2, 0) is 4.74 Å². The summed E-state index contributed by atoms with van der Waals surface area (Å²) in [4.78, 5) is 13.0. The van der Waals surface area contributed by atoms with Crippen LogP contribution < -0.4 is 5.73 Å². The molecule has 4 N–H and O–H groups in total. The van der Waals surface area contributed by atoms with Gasteiger partial charge in [0.25, 0.3) is 0 Å². The van der Waals surface area contributed by atoms with Crippen molar-refractivity contribution in [3.05, 3.63) is 6.33 Å². The van der Waals surface area contributed by atoms with Gasteiger partial charge in [-0.2, -0.15) is 4.98 Å². The molecule has 0 spiro atoms. The molecule has 0 saturated carbocycles. The minimum Gasteiger partial charge on any atom is -0.394 e. The Balaban J connectivity index is 1.90. The summed E-state index contributed by atoms with van der Waals surface area (Å²) < 4.78 is 7.42. The molecule has 132 valence electrons. The lowest BCUT2D eigenvalue weighted by molar-refractivity contribution is -0.0432. The number of aliphatic hydroxyl groups excluding tert-OH is 2. The van der Waals surface area contributed by atoms with E-state index >= 15 is 0 Å². The Labute approximate surface area is 147 Å². The Hall–Kier alpha value is -1.07. The lowest BCUT2D eigenvalue weighted by atomic mass is 10.2. The van der Waals surface area contributed by atoms with Crippen LogP contribution in [0.25, 0.3) is 11.2 Å². The summed E-state index contributed by atoms with van der Waals surface area (Å²) in [5, 5.41) is 20.4. The summed E-state index contributed by atoms with van der Waals surface area (Å²) in [6.45, 7) is 4.06. The Kier molecular flexibility index (Phi) is 5.50. The van der Waals surface area contributed by atoms with E-state index in [2.05, 4.69) is 28.8 Å². The fraction of sp³-hybridized carbons (Fsp3) is 0.643. The highest BCUT2D eigenvalue weighted by Gasteiger charge is 2.35. The number of nitrogens with two attached hydrogens (primary N) is 1. The highest BCUT2D eigenvalue weighted by Crippen LogP contribution is 2.39. The Morgan fingerprint density at radius 1 is 1.50 bits per heavy atom. The highest BCUT2D eigenvalue weighted by molar-refractivity contribution is 8.77. The van der Waals surface area contributed by atoms with Crippen molar-refractivity contribution in [1.29, 1.82) is 0 Å². The predicted octanol–water partition coefficient (Wildman–Crippen LogP) is 1.59. The third-order valence-electron chi connectivity index (χ3n) is 3.97. The predicted molar refractivity (Wildman–Crippen MR) is 94.6 cm³/mol. The zero-order valence-corrected chi connectivity index (χ0v) is 15.1. The number of rotatable bonds is 6. The first-order chi connectivity index (χ1) is 11.5. The second kappa shape index (κ2) is 7.44. The van der Waals surface area contributed by atoms with Crippen LogP contribution in [0.5, 0.6) is 0 Å². The number of aliphatic hydroxyl groups is 2. The van der Waals surface area contributed by atoms with Crippen LogP contribution in [0, 0.1) is 0 Å². The van der Waals surface area contributed by atoms with Crippen molar-refractivity contribution in [3.63, 3.8) is 0 Å². The first-order valence-corrected chi connectivity index (χ1v) is 10.0. The van der Waals surface area contributed by atoms with Crippen molar-refractivity contribution in [2.45, 2.75) is 55.4 Å². The molecule has 3 rings (SSSR count). The second-order valence-corrected chi connectivity index (χ2v) is 8.35. The largest absolute Gasteiger partial charge is 0.394 e. The van der Waals surface area contributed by atoms with E-state index in [1.807, 2.05) is 0 Å². The maximum Gasteiger partial charge on any atom is 0.223 e. The van der Waals surface area contributed by atoms with Crippen molar-refractivity contribution >= 4 is 38.7 Å². The van der Waals surface area contributed by atoms with Crippen LogP contribution in [0.15, 0.2) is 11.4 Å². The number of hydrogen-bond acceptors (Lipinski definition) is 9. The maximum absolute atomic E-state index is 9.93. The third kappa shape index (κ3) is 3.47. The van der Waals surface area contributed by atoms with Crippen LogP contribution in [0.2, 0.25) is 0 Å². The van der Waals surface area contributed by atoms with Crippen LogP contribution in [0.4, 0.5) is 5.95 Å². The van der Waals surface area contributed by atoms with Crippen LogP contribution in [-0.4, -0.2) is 53.8 Å². The standard InChI is InChI=1S/C14H21N5O3S2/c1-3-7(2)23-24-13-11-12(17-14(15)18-13)19(6-16-11)10-4-8(21)9(5-20)22-10/h6-10,20-21H,3-5H2,1-2H3,(H2,15,17,18)/t7?,8-,9+,10+/m0/s1. The molecule has 0 amide bonds. The summed E-state index contributed by atoms with van der Waals surface area (Å²) >= 11 is 0. The number of fused-ring (bicyclic) bond motifs is 1. The molecule has 2 aromatic heterocycles. The van der Waals surface area contributed by atoms with E-state index in [-0.39, 0.29) is 12.6 Å². The molecule has 0 radical (unpaired) electrons. The van der Waals surface area contributed by atoms with Crippen molar-refractivity contribution in [2.24, 2.45) is 0 Å². The molecule has 0 aromatic carbocycles. The van der Waals surface area contributed by atoms with Gasteiger partial charge in [0.05, 0.1) is 19.0 Å². The Morgan fingerprint density at radius 3 is 2.96 bits per heavy atom. The number of nitrogens with zero attached hydrogens (tertiary/aromatic N) is 4. The fourth-order valence-corrected chi connectivity index (χ4v) is 4.69. The first kappa shape index (κ1) is 17.7. The van der Waals surface area contributed by atoms with E-state index in [9.17, 15) is 10.2 Å². The van der Waals surface area contributed by atoms with Gasteiger partial charge in [-0.25, -0.2) is 9.97 Å². The molecule has 1 aliphatic heterocycles. The average Bonchev–Trinajstić information content (AvgIpc) is 3.15. The van der Waals surface area contributed by atoms with E-state index in [1.165, 1.54) is 10.8 Å². The number of nitrogen functional groups attached to an aromatic ring is 1. The number of anilines is 1. The molecule has 1 saturated heterocycles. The fourth-order valence-electron chi connectivity index (χ4n) is 2.42. The van der Waals surface area contributed by atoms with Gasteiger partial charge in [-0.15, -0.1) is 0 Å². The van der Waals surface area contributed by atoms with Gasteiger partial charge in [-0.1, -0.05) is 24.6 Å². The van der Waals surface area contributed by atoms with Gasteiger partial charge in [-0.05, 0) is 17.2 Å². The minimum absolute atomic E-state index is 0.175. The first-order valence-electron chi connectivity index (χ1n) is 7.81. The molecule has 2 aromatic rings. The van der Waals surface area contributed by atoms with Gasteiger partial charge < -0.3 is 20.7 Å². The van der Waals surface area contributed by atoms with E-state index < -0.39 is 18.4 Å². The molecular formula is C14H21N5O3S2. The van der Waals surface area contributed by atoms with Gasteiger partial charge in [0.2, 0.25) is 5.95 Å². The average molecular weight is 371 g/mol. The molecule has 3 heterocycles. The summed E-state index contributed by atoms with van der Waals surface area (Å²) in [6.07, 6.45) is 1.30. The summed E-state index contributed by atoms with van der Waals surface area (Å²) in [7, 11) is 3.25. The minimum atomic E-state index is -0.716. The third-order valence-corrected chi connectivity index (χ3v) is 6.92. The van der Waals surface area contributed by atoms with E-state index in [4.69, 9.17) is 10.5 Å². The van der Waals surface area contributed by atoms with Crippen LogP contribution >= 0.6 is 21.6 Å². The van der Waals surface area contributed by atoms with E-state index in [1.54, 1.807) is 21.7 Å². The highest BCUT2D eigenvalue weighted by atomic mass is 33.1. The topological polar surface area (TPSA) is 119 Å². The molecule has 1 unspecified atom stereocenters. The number of ether oxygens (including phenoxy) is 1. The van der Waals surface area contributed by atoms with Crippen LogP contribution in [0.1, 0.15) is 32.9 Å². The monoisotopic (exact) mass is 371 g/mol. The van der Waals surface area contributed by atoms with Gasteiger partial charge in [0, 0.05) is 11.7 Å². The molecule has 0 aliphatic carbocycles. The van der Waals surface area contributed by atoms with Crippen molar-refractivity contribution in [1.82, 2.24) is 19.5 Å². The number of hydrogen-bond donors (Lipinski definition) is 3. The molecule has 0 bridgehead atoms. The number of imidazole rings is 1. The molecule has 1 aliphatic rings. The normalized spacial score (nSPS) is 25.4. The molecule has 10 heteroatoms. The number of aromatic nitrogens is 4. The molecular weight excluding hydrogens is 350 g/mol. The molecule has 24 heavy (non-hydrogen) atoms. The zero-order chi connectivity index (χ0) is 17.3.